The lowest BCUT2D eigenvalue weighted by molar-refractivity contribution is 0.103. The molecule has 1 aromatic carbocycles. The van der Waals surface area contributed by atoms with Crippen LogP contribution in [0.2, 0.25) is 5.02 Å². The zero-order valence-corrected chi connectivity index (χ0v) is 9.65. The number of rotatable bonds is 4. The number of halogens is 1. The summed E-state index contributed by atoms with van der Waals surface area (Å²) in [5, 5.41) is 13.0. The molecule has 1 aromatic heterocycles. The fourth-order valence-electron chi connectivity index (χ4n) is 1.40. The van der Waals surface area contributed by atoms with E-state index >= 15 is 0 Å². The minimum absolute atomic E-state index is 0.0379. The Bertz CT molecular complexity index is 519. The van der Waals surface area contributed by atoms with Crippen LogP contribution < -0.4 is 0 Å². The van der Waals surface area contributed by atoms with Gasteiger partial charge in [-0.05, 0) is 24.3 Å². The number of nitrogens with zero attached hydrogens (tertiary/aromatic N) is 1. The van der Waals surface area contributed by atoms with Crippen LogP contribution in [0, 0.1) is 0 Å². The van der Waals surface area contributed by atoms with Crippen molar-refractivity contribution in [3.05, 3.63) is 52.4 Å². The summed E-state index contributed by atoms with van der Waals surface area (Å²) in [6.07, 6.45) is 0.348. The van der Waals surface area contributed by atoms with Gasteiger partial charge in [0.05, 0.1) is 6.61 Å². The van der Waals surface area contributed by atoms with Gasteiger partial charge in [0.25, 0.3) is 0 Å². The average molecular weight is 252 g/mol. The summed E-state index contributed by atoms with van der Waals surface area (Å²) < 4.78 is 4.91. The highest BCUT2D eigenvalue weighted by Crippen LogP contribution is 2.14. The van der Waals surface area contributed by atoms with E-state index in [0.717, 1.165) is 0 Å². The Morgan fingerprint density at radius 2 is 2.06 bits per heavy atom. The highest BCUT2D eigenvalue weighted by atomic mass is 35.5. The number of aromatic nitrogens is 1. The van der Waals surface area contributed by atoms with Crippen LogP contribution in [-0.2, 0) is 6.42 Å². The second-order valence-electron chi connectivity index (χ2n) is 3.49. The van der Waals surface area contributed by atoms with Gasteiger partial charge in [-0.15, -0.1) is 0 Å². The summed E-state index contributed by atoms with van der Waals surface area (Å²) >= 11 is 5.73. The molecule has 4 nitrogen and oxygen atoms in total. The van der Waals surface area contributed by atoms with E-state index in [0.29, 0.717) is 22.8 Å². The standard InChI is InChI=1S/C12H10ClNO3/c13-9-3-1-8(2-4-9)12(16)11-7-10(5-6-15)17-14-11/h1-4,7,15H,5-6H2. The van der Waals surface area contributed by atoms with E-state index in [1.54, 1.807) is 24.3 Å². The minimum Gasteiger partial charge on any atom is -0.396 e. The van der Waals surface area contributed by atoms with Crippen molar-refractivity contribution in [2.45, 2.75) is 6.42 Å². The minimum atomic E-state index is -0.227. The molecule has 5 heteroatoms. The number of benzene rings is 1. The molecule has 0 unspecified atom stereocenters. The number of aliphatic hydroxyl groups is 1. The van der Waals surface area contributed by atoms with Gasteiger partial charge in [-0.1, -0.05) is 16.8 Å². The van der Waals surface area contributed by atoms with Crippen molar-refractivity contribution in [2.24, 2.45) is 0 Å². The van der Waals surface area contributed by atoms with E-state index in [1.807, 2.05) is 0 Å². The molecule has 0 saturated heterocycles. The second kappa shape index (κ2) is 5.12. The van der Waals surface area contributed by atoms with E-state index in [1.165, 1.54) is 6.07 Å². The Morgan fingerprint density at radius 1 is 1.35 bits per heavy atom. The van der Waals surface area contributed by atoms with E-state index < -0.39 is 0 Å². The molecule has 0 aliphatic carbocycles. The highest BCUT2D eigenvalue weighted by Gasteiger charge is 2.14. The molecule has 0 spiro atoms. The first-order chi connectivity index (χ1) is 8.20. The lowest BCUT2D eigenvalue weighted by Crippen LogP contribution is -2.00. The summed E-state index contributed by atoms with van der Waals surface area (Å²) in [6, 6.07) is 8.08. The third-order valence-corrected chi connectivity index (χ3v) is 2.51. The van der Waals surface area contributed by atoms with Gasteiger partial charge in [-0.2, -0.15) is 0 Å². The second-order valence-corrected chi connectivity index (χ2v) is 3.92. The molecule has 88 valence electrons. The maximum atomic E-state index is 11.9. The molecule has 0 aliphatic heterocycles. The van der Waals surface area contributed by atoms with Crippen molar-refractivity contribution in [3.8, 4) is 0 Å². The monoisotopic (exact) mass is 251 g/mol. The van der Waals surface area contributed by atoms with Crippen LogP contribution in [0.4, 0.5) is 0 Å². The maximum absolute atomic E-state index is 11.9. The number of carbonyl (C=O) groups is 1. The molecule has 1 heterocycles. The van der Waals surface area contributed by atoms with Crippen molar-refractivity contribution in [1.29, 1.82) is 0 Å². The third kappa shape index (κ3) is 2.72. The van der Waals surface area contributed by atoms with Crippen LogP contribution in [0.25, 0.3) is 0 Å². The van der Waals surface area contributed by atoms with Crippen LogP contribution in [0.3, 0.4) is 0 Å². The molecule has 2 aromatic rings. The first-order valence-corrected chi connectivity index (χ1v) is 5.45. The van der Waals surface area contributed by atoms with E-state index in [9.17, 15) is 4.79 Å². The average Bonchev–Trinajstić information content (AvgIpc) is 2.78. The Kier molecular flexibility index (Phi) is 3.56. The predicted molar refractivity (Wildman–Crippen MR) is 62.2 cm³/mol. The van der Waals surface area contributed by atoms with Gasteiger partial charge in [-0.25, -0.2) is 0 Å². The summed E-state index contributed by atoms with van der Waals surface area (Å²) in [5.41, 5.74) is 0.731. The Labute approximate surface area is 103 Å². The van der Waals surface area contributed by atoms with E-state index in [4.69, 9.17) is 21.2 Å². The zero-order chi connectivity index (χ0) is 12.3. The molecule has 0 atom stereocenters. The zero-order valence-electron chi connectivity index (χ0n) is 8.89. The SMILES string of the molecule is O=C(c1ccc(Cl)cc1)c1cc(CCO)on1. The van der Waals surface area contributed by atoms with Gasteiger partial charge in [-0.3, -0.25) is 4.79 Å². The van der Waals surface area contributed by atoms with Crippen molar-refractivity contribution >= 4 is 17.4 Å². The Hall–Kier alpha value is -1.65. The fourth-order valence-corrected chi connectivity index (χ4v) is 1.52. The van der Waals surface area contributed by atoms with Crippen molar-refractivity contribution < 1.29 is 14.4 Å². The summed E-state index contributed by atoms with van der Waals surface area (Å²) in [5.74, 6) is 0.263. The van der Waals surface area contributed by atoms with Gasteiger partial charge in [0, 0.05) is 23.1 Å². The van der Waals surface area contributed by atoms with Gasteiger partial charge in [0.15, 0.2) is 5.69 Å². The first kappa shape index (κ1) is 11.8. The van der Waals surface area contributed by atoms with Crippen LogP contribution in [0.15, 0.2) is 34.9 Å². The molecule has 1 N–H and O–H groups in total. The maximum Gasteiger partial charge on any atom is 0.214 e. The molecular weight excluding hydrogens is 242 g/mol. The quantitative estimate of drug-likeness (QED) is 0.846. The molecule has 0 fully saturated rings. The largest absolute Gasteiger partial charge is 0.396 e. The summed E-state index contributed by atoms with van der Waals surface area (Å²) in [4.78, 5) is 11.9. The number of ketones is 1. The van der Waals surface area contributed by atoms with Gasteiger partial charge in [0.1, 0.15) is 5.76 Å². The van der Waals surface area contributed by atoms with E-state index in [-0.39, 0.29) is 18.1 Å². The normalized spacial score (nSPS) is 10.5. The molecular formula is C12H10ClNO3. The molecule has 17 heavy (non-hydrogen) atoms. The predicted octanol–water partition coefficient (Wildman–Crippen LogP) is 2.09. The van der Waals surface area contributed by atoms with Crippen LogP contribution in [0.1, 0.15) is 21.8 Å². The molecule has 0 amide bonds. The topological polar surface area (TPSA) is 63.3 Å². The molecule has 0 bridgehead atoms. The Balaban J connectivity index is 2.21. The molecule has 2 rings (SSSR count). The first-order valence-electron chi connectivity index (χ1n) is 5.07. The van der Waals surface area contributed by atoms with Crippen LogP contribution in [-0.4, -0.2) is 22.7 Å². The molecule has 0 aliphatic rings. The number of hydrogen-bond acceptors (Lipinski definition) is 4. The fraction of sp³-hybridized carbons (Fsp3) is 0.167. The van der Waals surface area contributed by atoms with Crippen LogP contribution >= 0.6 is 11.6 Å². The summed E-state index contributed by atoms with van der Waals surface area (Å²) in [7, 11) is 0. The van der Waals surface area contributed by atoms with Gasteiger partial charge >= 0.3 is 0 Å². The number of aliphatic hydroxyl groups excluding tert-OH is 1. The third-order valence-electron chi connectivity index (χ3n) is 2.26. The van der Waals surface area contributed by atoms with Gasteiger partial charge < -0.3 is 9.63 Å². The molecule has 0 saturated carbocycles. The highest BCUT2D eigenvalue weighted by molar-refractivity contribution is 6.30. The van der Waals surface area contributed by atoms with Crippen molar-refractivity contribution in [3.63, 3.8) is 0 Å². The smallest absolute Gasteiger partial charge is 0.214 e. The number of hydrogen-bond donors (Lipinski definition) is 1. The Morgan fingerprint density at radius 3 is 2.71 bits per heavy atom. The summed E-state index contributed by atoms with van der Waals surface area (Å²) in [6.45, 7) is -0.0379. The van der Waals surface area contributed by atoms with Crippen molar-refractivity contribution in [1.82, 2.24) is 5.16 Å². The van der Waals surface area contributed by atoms with Crippen LogP contribution in [0.5, 0.6) is 0 Å². The lowest BCUT2D eigenvalue weighted by Gasteiger charge is -1.96. The lowest BCUT2D eigenvalue weighted by atomic mass is 10.1. The van der Waals surface area contributed by atoms with E-state index in [2.05, 4.69) is 5.16 Å². The molecule has 0 radical (unpaired) electrons. The van der Waals surface area contributed by atoms with Gasteiger partial charge in [0.2, 0.25) is 5.78 Å². The van der Waals surface area contributed by atoms with Crippen molar-refractivity contribution in [2.75, 3.05) is 6.61 Å². The number of carbonyl (C=O) groups excluding carboxylic acids is 1.